The molecule has 3 aromatic rings. The van der Waals surface area contributed by atoms with E-state index in [-0.39, 0.29) is 5.75 Å². The summed E-state index contributed by atoms with van der Waals surface area (Å²) in [6.45, 7) is 1.17. The normalized spacial score (nSPS) is 12.5. The SMILES string of the molecule is Cc1ccc(OCC(=O)Nc2c(C#N)c3c(n2-c2ccccc2)CCCC3)c([N+](=O)[O-])n1. The van der Waals surface area contributed by atoms with Crippen molar-refractivity contribution in [1.82, 2.24) is 9.55 Å². The molecule has 0 bridgehead atoms. The van der Waals surface area contributed by atoms with E-state index in [4.69, 9.17) is 4.74 Å². The number of carbonyl (C=O) groups is 1. The van der Waals surface area contributed by atoms with Crippen LogP contribution in [0.1, 0.15) is 35.4 Å². The Labute approximate surface area is 184 Å². The van der Waals surface area contributed by atoms with E-state index in [1.54, 1.807) is 13.0 Å². The smallest absolute Gasteiger partial charge is 0.406 e. The number of nitro groups is 1. The van der Waals surface area contributed by atoms with Gasteiger partial charge in [-0.05, 0) is 65.4 Å². The van der Waals surface area contributed by atoms with Crippen LogP contribution in [0.25, 0.3) is 5.69 Å². The molecule has 0 saturated carbocycles. The van der Waals surface area contributed by atoms with Gasteiger partial charge in [-0.15, -0.1) is 0 Å². The fraction of sp³-hybridized carbons (Fsp3) is 0.261. The van der Waals surface area contributed by atoms with E-state index in [0.717, 1.165) is 42.6 Å². The monoisotopic (exact) mass is 431 g/mol. The largest absolute Gasteiger partial charge is 0.476 e. The molecule has 0 unspecified atom stereocenters. The van der Waals surface area contributed by atoms with E-state index in [1.807, 2.05) is 34.9 Å². The lowest BCUT2D eigenvalue weighted by molar-refractivity contribution is -0.390. The number of nitrogens with zero attached hydrogens (tertiary/aromatic N) is 4. The van der Waals surface area contributed by atoms with Crippen LogP contribution in [0.5, 0.6) is 5.75 Å². The molecule has 1 aliphatic carbocycles. The zero-order valence-corrected chi connectivity index (χ0v) is 17.5. The van der Waals surface area contributed by atoms with Gasteiger partial charge in [0.25, 0.3) is 5.91 Å². The molecule has 0 radical (unpaired) electrons. The van der Waals surface area contributed by atoms with E-state index in [9.17, 15) is 20.2 Å². The highest BCUT2D eigenvalue weighted by Crippen LogP contribution is 2.35. The quantitative estimate of drug-likeness (QED) is 0.467. The summed E-state index contributed by atoms with van der Waals surface area (Å²) in [4.78, 5) is 27.2. The van der Waals surface area contributed by atoms with Gasteiger partial charge in [-0.25, -0.2) is 0 Å². The van der Waals surface area contributed by atoms with Crippen molar-refractivity contribution in [2.75, 3.05) is 11.9 Å². The Morgan fingerprint density at radius 3 is 2.72 bits per heavy atom. The molecule has 2 heterocycles. The Morgan fingerprint density at radius 2 is 2.00 bits per heavy atom. The number of carbonyl (C=O) groups excluding carboxylic acids is 1. The molecule has 9 nitrogen and oxygen atoms in total. The van der Waals surface area contributed by atoms with Gasteiger partial charge in [0.1, 0.15) is 17.6 Å². The van der Waals surface area contributed by atoms with Crippen molar-refractivity contribution in [2.24, 2.45) is 0 Å². The van der Waals surface area contributed by atoms with Crippen LogP contribution in [0.15, 0.2) is 42.5 Å². The number of hydrogen-bond donors (Lipinski definition) is 1. The Bertz CT molecular complexity index is 1230. The first kappa shape index (κ1) is 21.1. The van der Waals surface area contributed by atoms with Crippen LogP contribution < -0.4 is 10.1 Å². The molecule has 0 fully saturated rings. The number of aromatic nitrogens is 2. The molecule has 4 rings (SSSR count). The highest BCUT2D eigenvalue weighted by molar-refractivity contribution is 5.93. The number of anilines is 1. The summed E-state index contributed by atoms with van der Waals surface area (Å²) in [5, 5.41) is 23.9. The standard InChI is InChI=1S/C23H21N5O4/c1-15-11-12-20(23(25-15)28(30)31)32-14-21(29)26-22-18(13-24)17-9-5-6-10-19(17)27(22)16-7-3-2-4-8-16/h2-4,7-8,11-12H,5-6,9-10,14H2,1H3,(H,26,29). The van der Waals surface area contributed by atoms with Gasteiger partial charge in [0.05, 0.1) is 5.56 Å². The van der Waals surface area contributed by atoms with Gasteiger partial charge in [0.2, 0.25) is 5.75 Å². The minimum absolute atomic E-state index is 0.0889. The van der Waals surface area contributed by atoms with Crippen LogP contribution in [0.4, 0.5) is 11.6 Å². The highest BCUT2D eigenvalue weighted by Gasteiger charge is 2.27. The third kappa shape index (κ3) is 4.03. The first-order valence-corrected chi connectivity index (χ1v) is 10.3. The molecular weight excluding hydrogens is 410 g/mol. The van der Waals surface area contributed by atoms with Gasteiger partial charge in [0, 0.05) is 18.3 Å². The van der Waals surface area contributed by atoms with Crippen molar-refractivity contribution in [3.8, 4) is 17.5 Å². The van der Waals surface area contributed by atoms with Crippen LogP contribution in [0.3, 0.4) is 0 Å². The molecule has 0 aliphatic heterocycles. The Morgan fingerprint density at radius 1 is 1.25 bits per heavy atom. The predicted molar refractivity (Wildman–Crippen MR) is 117 cm³/mol. The fourth-order valence-electron chi connectivity index (χ4n) is 3.98. The minimum Gasteiger partial charge on any atom is -0.476 e. The maximum Gasteiger partial charge on any atom is 0.406 e. The summed E-state index contributed by atoms with van der Waals surface area (Å²) in [7, 11) is 0. The number of ether oxygens (including phenoxy) is 1. The van der Waals surface area contributed by atoms with Crippen molar-refractivity contribution < 1.29 is 14.5 Å². The number of nitriles is 1. The first-order chi connectivity index (χ1) is 15.5. The lowest BCUT2D eigenvalue weighted by atomic mass is 9.95. The van der Waals surface area contributed by atoms with Crippen molar-refractivity contribution in [3.63, 3.8) is 0 Å². The third-order valence-corrected chi connectivity index (χ3v) is 5.37. The Balaban J connectivity index is 1.63. The number of amides is 1. The minimum atomic E-state index is -0.650. The zero-order valence-electron chi connectivity index (χ0n) is 17.5. The van der Waals surface area contributed by atoms with Gasteiger partial charge in [-0.3, -0.25) is 9.36 Å². The number of rotatable bonds is 6. The van der Waals surface area contributed by atoms with Crippen LogP contribution in [0, 0.1) is 28.4 Å². The summed E-state index contributed by atoms with van der Waals surface area (Å²) < 4.78 is 7.32. The van der Waals surface area contributed by atoms with Gasteiger partial charge in [-0.1, -0.05) is 18.2 Å². The summed E-state index contributed by atoms with van der Waals surface area (Å²) in [5.41, 5.74) is 3.74. The average Bonchev–Trinajstić information content (AvgIpc) is 3.11. The van der Waals surface area contributed by atoms with Gasteiger partial charge < -0.3 is 20.2 Å². The lowest BCUT2D eigenvalue weighted by Crippen LogP contribution is -2.23. The molecule has 0 saturated heterocycles. The molecule has 162 valence electrons. The highest BCUT2D eigenvalue weighted by atomic mass is 16.6. The first-order valence-electron chi connectivity index (χ1n) is 10.3. The van der Waals surface area contributed by atoms with E-state index in [2.05, 4.69) is 16.4 Å². The summed E-state index contributed by atoms with van der Waals surface area (Å²) >= 11 is 0. The second kappa shape index (κ2) is 8.89. The number of aryl methyl sites for hydroxylation is 1. The maximum atomic E-state index is 12.7. The lowest BCUT2D eigenvalue weighted by Gasteiger charge is -2.17. The number of fused-ring (bicyclic) bond motifs is 1. The Kier molecular flexibility index (Phi) is 5.85. The van der Waals surface area contributed by atoms with Crippen molar-refractivity contribution in [3.05, 3.63) is 75.1 Å². The van der Waals surface area contributed by atoms with Crippen LogP contribution >= 0.6 is 0 Å². The molecule has 1 N–H and O–H groups in total. The van der Waals surface area contributed by atoms with Crippen molar-refractivity contribution >= 4 is 17.5 Å². The zero-order chi connectivity index (χ0) is 22.7. The number of nitrogens with one attached hydrogen (secondary N) is 1. The molecule has 32 heavy (non-hydrogen) atoms. The molecule has 0 atom stereocenters. The number of hydrogen-bond acceptors (Lipinski definition) is 6. The van der Waals surface area contributed by atoms with Crippen LogP contribution in [0.2, 0.25) is 0 Å². The molecule has 1 aromatic carbocycles. The van der Waals surface area contributed by atoms with Crippen molar-refractivity contribution in [1.29, 1.82) is 5.26 Å². The second-order valence-corrected chi connectivity index (χ2v) is 7.51. The second-order valence-electron chi connectivity index (χ2n) is 7.51. The predicted octanol–water partition coefficient (Wildman–Crippen LogP) is 3.86. The fourth-order valence-corrected chi connectivity index (χ4v) is 3.98. The van der Waals surface area contributed by atoms with Crippen molar-refractivity contribution in [2.45, 2.75) is 32.6 Å². The molecule has 9 heteroatoms. The van der Waals surface area contributed by atoms with E-state index < -0.39 is 23.3 Å². The van der Waals surface area contributed by atoms with Gasteiger partial charge in [0.15, 0.2) is 6.61 Å². The molecule has 2 aromatic heterocycles. The summed E-state index contributed by atoms with van der Waals surface area (Å²) in [6, 6.07) is 14.8. The molecular formula is C23H21N5O4. The number of benzene rings is 1. The summed E-state index contributed by atoms with van der Waals surface area (Å²) in [6.07, 6.45) is 3.58. The molecule has 0 spiro atoms. The van der Waals surface area contributed by atoms with Crippen LogP contribution in [-0.2, 0) is 17.6 Å². The number of para-hydroxylation sites is 1. The van der Waals surface area contributed by atoms with Crippen LogP contribution in [-0.4, -0.2) is 27.0 Å². The average molecular weight is 431 g/mol. The molecule has 1 aliphatic rings. The van der Waals surface area contributed by atoms with E-state index in [0.29, 0.717) is 17.1 Å². The van der Waals surface area contributed by atoms with E-state index >= 15 is 0 Å². The Hall–Kier alpha value is -4.19. The van der Waals surface area contributed by atoms with Gasteiger partial charge >= 0.3 is 5.82 Å². The number of pyridine rings is 1. The summed E-state index contributed by atoms with van der Waals surface area (Å²) in [5.74, 6) is -0.660. The topological polar surface area (TPSA) is 123 Å². The van der Waals surface area contributed by atoms with E-state index in [1.165, 1.54) is 6.07 Å². The maximum absolute atomic E-state index is 12.7. The molecule has 1 amide bonds. The third-order valence-electron chi connectivity index (χ3n) is 5.37. The van der Waals surface area contributed by atoms with Gasteiger partial charge in [-0.2, -0.15) is 5.26 Å².